The number of hydrogen-bond acceptors (Lipinski definition) is 3. The van der Waals surface area contributed by atoms with Gasteiger partial charge in [0.1, 0.15) is 5.54 Å². The van der Waals surface area contributed by atoms with Gasteiger partial charge in [-0.25, -0.2) is 4.79 Å². The Morgan fingerprint density at radius 2 is 2.09 bits per heavy atom. The monoisotopic (exact) mass is 314 g/mol. The van der Waals surface area contributed by atoms with E-state index in [1.54, 1.807) is 7.05 Å². The van der Waals surface area contributed by atoms with E-state index in [4.69, 9.17) is 5.73 Å². The number of nitrogens with one attached hydrogen (secondary N) is 1. The highest BCUT2D eigenvalue weighted by Crippen LogP contribution is 2.37. The number of amides is 3. The summed E-state index contributed by atoms with van der Waals surface area (Å²) in [5.41, 5.74) is 6.39. The second-order valence-electron chi connectivity index (χ2n) is 6.07. The zero-order valence-corrected chi connectivity index (χ0v) is 13.5. The highest BCUT2D eigenvalue weighted by atomic mass is 16.2. The van der Waals surface area contributed by atoms with Crippen molar-refractivity contribution in [3.63, 3.8) is 0 Å². The quantitative estimate of drug-likeness (QED) is 0.869. The van der Waals surface area contributed by atoms with E-state index in [9.17, 15) is 14.9 Å². The molecule has 0 radical (unpaired) electrons. The predicted octanol–water partition coefficient (Wildman–Crippen LogP) is 2.00. The average Bonchev–Trinajstić information content (AvgIpc) is 2.46. The van der Waals surface area contributed by atoms with Gasteiger partial charge in [-0.2, -0.15) is 5.26 Å². The fourth-order valence-corrected chi connectivity index (χ4v) is 2.97. The lowest BCUT2D eigenvalue weighted by Crippen LogP contribution is -2.54. The van der Waals surface area contributed by atoms with Crippen molar-refractivity contribution in [1.29, 1.82) is 5.26 Å². The molecule has 3 N–H and O–H groups in total. The molecule has 1 aromatic rings. The van der Waals surface area contributed by atoms with Crippen LogP contribution < -0.4 is 11.1 Å². The molecule has 1 atom stereocenters. The molecule has 0 saturated heterocycles. The Morgan fingerprint density at radius 1 is 1.43 bits per heavy atom. The van der Waals surface area contributed by atoms with Crippen molar-refractivity contribution in [1.82, 2.24) is 10.2 Å². The number of hydrogen-bond donors (Lipinski definition) is 2. The predicted molar refractivity (Wildman–Crippen MR) is 86.2 cm³/mol. The zero-order chi connectivity index (χ0) is 17.0. The Morgan fingerprint density at radius 3 is 2.57 bits per heavy atom. The second-order valence-corrected chi connectivity index (χ2v) is 6.07. The number of rotatable bonds is 5. The van der Waals surface area contributed by atoms with Gasteiger partial charge in [-0.15, -0.1) is 0 Å². The van der Waals surface area contributed by atoms with Gasteiger partial charge in [-0.1, -0.05) is 24.3 Å². The van der Waals surface area contributed by atoms with Crippen LogP contribution in [0.4, 0.5) is 4.79 Å². The average molecular weight is 314 g/mol. The molecule has 0 spiro atoms. The lowest BCUT2D eigenvalue weighted by molar-refractivity contribution is -0.136. The van der Waals surface area contributed by atoms with Crippen LogP contribution in [0.2, 0.25) is 0 Å². The molecule has 0 aliphatic heterocycles. The number of carbonyl (C=O) groups excluding carboxylic acids is 2. The number of carbonyl (C=O) groups is 2. The van der Waals surface area contributed by atoms with Crippen LogP contribution in [-0.4, -0.2) is 29.4 Å². The summed E-state index contributed by atoms with van der Waals surface area (Å²) in [4.78, 5) is 25.4. The van der Waals surface area contributed by atoms with Crippen molar-refractivity contribution in [2.24, 2.45) is 5.73 Å². The fourth-order valence-electron chi connectivity index (χ4n) is 2.97. The summed E-state index contributed by atoms with van der Waals surface area (Å²) < 4.78 is 0. The maximum absolute atomic E-state index is 12.6. The largest absolute Gasteiger partial charge is 0.352 e. The Kier molecular flexibility index (Phi) is 4.89. The normalized spacial score (nSPS) is 16.6. The number of benzene rings is 1. The van der Waals surface area contributed by atoms with Gasteiger partial charge >= 0.3 is 6.03 Å². The first-order chi connectivity index (χ1) is 10.9. The molecule has 1 aliphatic carbocycles. The smallest absolute Gasteiger partial charge is 0.312 e. The molecule has 1 fully saturated rings. The van der Waals surface area contributed by atoms with Gasteiger partial charge in [0, 0.05) is 7.05 Å². The number of nitriles is 1. The number of aryl methyl sites for hydroxylation is 1. The van der Waals surface area contributed by atoms with Crippen molar-refractivity contribution >= 4 is 11.9 Å². The molecule has 0 aromatic heterocycles. The molecule has 2 rings (SSSR count). The number of primary amides is 1. The third-order valence-corrected chi connectivity index (χ3v) is 4.66. The summed E-state index contributed by atoms with van der Waals surface area (Å²) in [6, 6.07) is 8.62. The Hall–Kier alpha value is -2.55. The molecule has 3 amide bonds. The Labute approximate surface area is 136 Å². The van der Waals surface area contributed by atoms with Gasteiger partial charge in [0.05, 0.1) is 18.5 Å². The third-order valence-electron chi connectivity index (χ3n) is 4.66. The molecule has 6 heteroatoms. The summed E-state index contributed by atoms with van der Waals surface area (Å²) in [5, 5.41) is 12.0. The topological polar surface area (TPSA) is 99.2 Å². The molecule has 1 unspecified atom stereocenters. The highest BCUT2D eigenvalue weighted by molar-refractivity contribution is 5.80. The summed E-state index contributed by atoms with van der Waals surface area (Å²) >= 11 is 0. The summed E-state index contributed by atoms with van der Waals surface area (Å²) in [6.07, 6.45) is 2.42. The minimum atomic E-state index is -0.694. The van der Waals surface area contributed by atoms with Crippen molar-refractivity contribution in [3.8, 4) is 6.07 Å². The minimum absolute atomic E-state index is 0.0771. The summed E-state index contributed by atoms with van der Waals surface area (Å²) in [7, 11) is 1.66. The van der Waals surface area contributed by atoms with Crippen LogP contribution in [0.25, 0.3) is 0 Å². The Bertz CT molecular complexity index is 646. The van der Waals surface area contributed by atoms with E-state index < -0.39 is 17.6 Å². The van der Waals surface area contributed by atoms with E-state index in [-0.39, 0.29) is 12.3 Å². The first-order valence-corrected chi connectivity index (χ1v) is 7.69. The summed E-state index contributed by atoms with van der Waals surface area (Å²) in [6.45, 7) is 1.92. The van der Waals surface area contributed by atoms with Crippen LogP contribution in [-0.2, 0) is 4.79 Å². The van der Waals surface area contributed by atoms with Gasteiger partial charge in [0.15, 0.2) is 0 Å². The molecule has 122 valence electrons. The van der Waals surface area contributed by atoms with Crippen molar-refractivity contribution in [2.45, 2.75) is 44.2 Å². The van der Waals surface area contributed by atoms with Crippen LogP contribution in [0.3, 0.4) is 0 Å². The van der Waals surface area contributed by atoms with Crippen LogP contribution in [0.5, 0.6) is 0 Å². The second kappa shape index (κ2) is 6.69. The Balaban J connectivity index is 2.18. The van der Waals surface area contributed by atoms with Gasteiger partial charge < -0.3 is 16.0 Å². The molecular weight excluding hydrogens is 292 g/mol. The van der Waals surface area contributed by atoms with E-state index in [1.165, 1.54) is 4.90 Å². The maximum atomic E-state index is 12.6. The molecule has 1 aliphatic rings. The van der Waals surface area contributed by atoms with Crippen LogP contribution in [0.15, 0.2) is 24.3 Å². The van der Waals surface area contributed by atoms with Gasteiger partial charge in [-0.3, -0.25) is 4.79 Å². The minimum Gasteiger partial charge on any atom is -0.352 e. The van der Waals surface area contributed by atoms with Crippen LogP contribution >= 0.6 is 0 Å². The van der Waals surface area contributed by atoms with E-state index >= 15 is 0 Å². The highest BCUT2D eigenvalue weighted by Gasteiger charge is 2.43. The first kappa shape index (κ1) is 16.8. The van der Waals surface area contributed by atoms with E-state index in [2.05, 4.69) is 11.4 Å². The fraction of sp³-hybridized carbons (Fsp3) is 0.471. The molecule has 23 heavy (non-hydrogen) atoms. The van der Waals surface area contributed by atoms with Crippen molar-refractivity contribution in [2.75, 3.05) is 7.05 Å². The van der Waals surface area contributed by atoms with E-state index in [0.29, 0.717) is 12.8 Å². The SMILES string of the molecule is Cc1ccccc1C(CC(=O)N(C)C1(C#N)CCC1)NC(N)=O. The molecule has 1 aromatic carbocycles. The van der Waals surface area contributed by atoms with Crippen LogP contribution in [0.1, 0.15) is 42.9 Å². The lowest BCUT2D eigenvalue weighted by Gasteiger charge is -2.43. The van der Waals surface area contributed by atoms with Gasteiger partial charge in [0.25, 0.3) is 0 Å². The molecular formula is C17H22N4O2. The molecule has 1 saturated carbocycles. The maximum Gasteiger partial charge on any atom is 0.312 e. The van der Waals surface area contributed by atoms with Gasteiger partial charge in [-0.05, 0) is 37.3 Å². The molecule has 6 nitrogen and oxygen atoms in total. The molecule has 0 bridgehead atoms. The van der Waals surface area contributed by atoms with E-state index in [1.807, 2.05) is 31.2 Å². The lowest BCUT2D eigenvalue weighted by atomic mass is 9.76. The van der Waals surface area contributed by atoms with E-state index in [0.717, 1.165) is 17.5 Å². The number of nitrogens with two attached hydrogens (primary N) is 1. The van der Waals surface area contributed by atoms with Crippen LogP contribution in [0, 0.1) is 18.3 Å². The van der Waals surface area contributed by atoms with Gasteiger partial charge in [0.2, 0.25) is 5.91 Å². The molecule has 0 heterocycles. The van der Waals surface area contributed by atoms with Crippen molar-refractivity contribution in [3.05, 3.63) is 35.4 Å². The first-order valence-electron chi connectivity index (χ1n) is 7.69. The standard InChI is InChI=1S/C17H22N4O2/c1-12-6-3-4-7-13(12)14(20-16(19)23)10-15(22)21(2)17(11-18)8-5-9-17/h3-4,6-7,14H,5,8-10H2,1-2H3,(H3,19,20,23). The number of urea groups is 1. The number of nitrogens with zero attached hydrogens (tertiary/aromatic N) is 2. The van der Waals surface area contributed by atoms with Crippen molar-refractivity contribution < 1.29 is 9.59 Å². The third kappa shape index (κ3) is 3.45. The zero-order valence-electron chi connectivity index (χ0n) is 13.5. The summed E-state index contributed by atoms with van der Waals surface area (Å²) in [5.74, 6) is -0.173.